The van der Waals surface area contributed by atoms with Gasteiger partial charge in [0.05, 0.1) is 5.69 Å². The van der Waals surface area contributed by atoms with Crippen molar-refractivity contribution in [3.63, 3.8) is 0 Å². The second-order valence-electron chi connectivity index (χ2n) is 5.38. The first-order chi connectivity index (χ1) is 9.61. The molecule has 2 rings (SSSR count). The van der Waals surface area contributed by atoms with Crippen molar-refractivity contribution in [1.29, 1.82) is 0 Å². The van der Waals surface area contributed by atoms with Gasteiger partial charge in [-0.25, -0.2) is 9.97 Å². The zero-order valence-corrected chi connectivity index (χ0v) is 12.8. The molecule has 106 valence electrons. The molecule has 0 aliphatic rings. The smallest absolute Gasteiger partial charge is 0.131 e. The van der Waals surface area contributed by atoms with Gasteiger partial charge >= 0.3 is 0 Å². The maximum atomic E-state index is 4.65. The third kappa shape index (κ3) is 3.42. The number of nitrogens with zero attached hydrogens (tertiary/aromatic N) is 2. The zero-order valence-electron chi connectivity index (χ0n) is 12.8. The molecule has 0 aliphatic heterocycles. The number of benzene rings is 1. The molecule has 0 amide bonds. The van der Waals surface area contributed by atoms with E-state index in [1.807, 2.05) is 12.3 Å². The Kier molecular flexibility index (Phi) is 4.85. The molecule has 0 aliphatic carbocycles. The van der Waals surface area contributed by atoms with Gasteiger partial charge in [-0.15, -0.1) is 0 Å². The number of hydrogen-bond acceptors (Lipinski definition) is 3. The number of nitrogens with one attached hydrogen (secondary N) is 1. The Morgan fingerprint density at radius 2 is 2.00 bits per heavy atom. The van der Waals surface area contributed by atoms with E-state index in [-0.39, 0.29) is 0 Å². The van der Waals surface area contributed by atoms with Crippen molar-refractivity contribution in [1.82, 2.24) is 15.3 Å². The average molecular weight is 269 g/mol. The van der Waals surface area contributed by atoms with E-state index in [2.05, 4.69) is 61.2 Å². The predicted octanol–water partition coefficient (Wildman–Crippen LogP) is 3.68. The van der Waals surface area contributed by atoms with E-state index in [0.29, 0.717) is 5.92 Å². The van der Waals surface area contributed by atoms with Crippen molar-refractivity contribution < 1.29 is 0 Å². The normalized spacial score (nSPS) is 11.1. The molecule has 0 atom stereocenters. The Bertz CT molecular complexity index is 576. The number of aryl methyl sites for hydroxylation is 1. The van der Waals surface area contributed by atoms with E-state index >= 15 is 0 Å². The summed E-state index contributed by atoms with van der Waals surface area (Å²) in [7, 11) is 0. The molecular weight excluding hydrogens is 246 g/mol. The SMILES string of the molecule is CCNCc1ccc(-c2ccnc(C(C)C)n2)cc1C. The van der Waals surface area contributed by atoms with Gasteiger partial charge in [0.25, 0.3) is 0 Å². The maximum Gasteiger partial charge on any atom is 0.131 e. The second-order valence-corrected chi connectivity index (χ2v) is 5.38. The van der Waals surface area contributed by atoms with Crippen LogP contribution >= 0.6 is 0 Å². The van der Waals surface area contributed by atoms with Crippen molar-refractivity contribution in [3.8, 4) is 11.3 Å². The van der Waals surface area contributed by atoms with Crippen molar-refractivity contribution in [3.05, 3.63) is 47.4 Å². The largest absolute Gasteiger partial charge is 0.313 e. The van der Waals surface area contributed by atoms with Gasteiger partial charge in [0.15, 0.2) is 0 Å². The van der Waals surface area contributed by atoms with Crippen LogP contribution in [-0.4, -0.2) is 16.5 Å². The molecule has 0 saturated carbocycles. The minimum atomic E-state index is 0.351. The summed E-state index contributed by atoms with van der Waals surface area (Å²) in [6, 6.07) is 8.51. The fourth-order valence-electron chi connectivity index (χ4n) is 2.13. The molecule has 3 heteroatoms. The lowest BCUT2D eigenvalue weighted by Gasteiger charge is -2.10. The Labute approximate surface area is 121 Å². The minimum Gasteiger partial charge on any atom is -0.313 e. The van der Waals surface area contributed by atoms with E-state index in [0.717, 1.165) is 30.2 Å². The van der Waals surface area contributed by atoms with Crippen LogP contribution in [0.15, 0.2) is 30.5 Å². The zero-order chi connectivity index (χ0) is 14.5. The van der Waals surface area contributed by atoms with Crippen LogP contribution in [0.5, 0.6) is 0 Å². The standard InChI is InChI=1S/C17H23N3/c1-5-18-11-15-7-6-14(10-13(15)4)16-8-9-19-17(20-16)12(2)3/h6-10,12,18H,5,11H2,1-4H3. The van der Waals surface area contributed by atoms with E-state index in [1.165, 1.54) is 11.1 Å². The first-order valence-electron chi connectivity index (χ1n) is 7.25. The molecule has 1 heterocycles. The van der Waals surface area contributed by atoms with Gasteiger partial charge in [-0.2, -0.15) is 0 Å². The first kappa shape index (κ1) is 14.7. The lowest BCUT2D eigenvalue weighted by atomic mass is 10.0. The molecule has 0 fully saturated rings. The van der Waals surface area contributed by atoms with Crippen molar-refractivity contribution in [2.24, 2.45) is 0 Å². The molecule has 1 aromatic carbocycles. The number of hydrogen-bond donors (Lipinski definition) is 1. The second kappa shape index (κ2) is 6.62. The number of aromatic nitrogens is 2. The highest BCUT2D eigenvalue weighted by Gasteiger charge is 2.07. The van der Waals surface area contributed by atoms with Gasteiger partial charge in [-0.05, 0) is 36.7 Å². The van der Waals surface area contributed by atoms with Crippen molar-refractivity contribution >= 4 is 0 Å². The molecule has 0 saturated heterocycles. The highest BCUT2D eigenvalue weighted by molar-refractivity contribution is 5.60. The fraction of sp³-hybridized carbons (Fsp3) is 0.412. The van der Waals surface area contributed by atoms with Gasteiger partial charge in [0, 0.05) is 24.2 Å². The molecule has 1 aromatic heterocycles. The minimum absolute atomic E-state index is 0.351. The molecule has 1 N–H and O–H groups in total. The Balaban J connectivity index is 2.29. The van der Waals surface area contributed by atoms with Gasteiger partial charge in [-0.1, -0.05) is 32.9 Å². The van der Waals surface area contributed by atoms with Crippen LogP contribution in [0.1, 0.15) is 43.6 Å². The topological polar surface area (TPSA) is 37.8 Å². The summed E-state index contributed by atoms with van der Waals surface area (Å²) in [6.07, 6.45) is 1.85. The summed E-state index contributed by atoms with van der Waals surface area (Å²) in [4.78, 5) is 8.97. The summed E-state index contributed by atoms with van der Waals surface area (Å²) < 4.78 is 0. The average Bonchev–Trinajstić information content (AvgIpc) is 2.46. The first-order valence-corrected chi connectivity index (χ1v) is 7.25. The molecule has 0 spiro atoms. The van der Waals surface area contributed by atoms with Crippen LogP contribution in [0.3, 0.4) is 0 Å². The summed E-state index contributed by atoms with van der Waals surface area (Å²) in [5.74, 6) is 1.25. The van der Waals surface area contributed by atoms with Gasteiger partial charge < -0.3 is 5.32 Å². The Morgan fingerprint density at radius 3 is 2.65 bits per heavy atom. The molecule has 0 unspecified atom stereocenters. The highest BCUT2D eigenvalue weighted by Crippen LogP contribution is 2.21. The fourth-order valence-corrected chi connectivity index (χ4v) is 2.13. The van der Waals surface area contributed by atoms with E-state index in [9.17, 15) is 0 Å². The quantitative estimate of drug-likeness (QED) is 0.899. The molecule has 0 radical (unpaired) electrons. The summed E-state index contributed by atoms with van der Waals surface area (Å²) in [6.45, 7) is 10.4. The number of rotatable bonds is 5. The third-order valence-corrected chi connectivity index (χ3v) is 3.39. The molecule has 0 bridgehead atoms. The predicted molar refractivity (Wildman–Crippen MR) is 83.7 cm³/mol. The molecule has 20 heavy (non-hydrogen) atoms. The van der Waals surface area contributed by atoms with Crippen molar-refractivity contribution in [2.75, 3.05) is 6.54 Å². The van der Waals surface area contributed by atoms with Crippen LogP contribution in [0, 0.1) is 6.92 Å². The van der Waals surface area contributed by atoms with Crippen LogP contribution in [-0.2, 0) is 6.54 Å². The van der Waals surface area contributed by atoms with Gasteiger partial charge in [-0.3, -0.25) is 0 Å². The highest BCUT2D eigenvalue weighted by atomic mass is 14.9. The summed E-state index contributed by atoms with van der Waals surface area (Å²) in [5, 5.41) is 3.36. The van der Waals surface area contributed by atoms with Crippen LogP contribution < -0.4 is 5.32 Å². The van der Waals surface area contributed by atoms with Crippen LogP contribution in [0.4, 0.5) is 0 Å². The summed E-state index contributed by atoms with van der Waals surface area (Å²) >= 11 is 0. The van der Waals surface area contributed by atoms with E-state index < -0.39 is 0 Å². The molecule has 2 aromatic rings. The van der Waals surface area contributed by atoms with Crippen molar-refractivity contribution in [2.45, 2.75) is 40.2 Å². The maximum absolute atomic E-state index is 4.65. The van der Waals surface area contributed by atoms with E-state index in [4.69, 9.17) is 0 Å². The monoisotopic (exact) mass is 269 g/mol. The van der Waals surface area contributed by atoms with Crippen LogP contribution in [0.2, 0.25) is 0 Å². The van der Waals surface area contributed by atoms with Gasteiger partial charge in [0.1, 0.15) is 5.82 Å². The van der Waals surface area contributed by atoms with E-state index in [1.54, 1.807) is 0 Å². The van der Waals surface area contributed by atoms with Crippen LogP contribution in [0.25, 0.3) is 11.3 Å². The molecule has 3 nitrogen and oxygen atoms in total. The summed E-state index contributed by atoms with van der Waals surface area (Å²) in [5.41, 5.74) is 4.80. The van der Waals surface area contributed by atoms with Gasteiger partial charge in [0.2, 0.25) is 0 Å². The Hall–Kier alpha value is -1.74. The molecular formula is C17H23N3. The lowest BCUT2D eigenvalue weighted by Crippen LogP contribution is -2.12. The lowest BCUT2D eigenvalue weighted by molar-refractivity contribution is 0.723. The Morgan fingerprint density at radius 1 is 1.20 bits per heavy atom. The third-order valence-electron chi connectivity index (χ3n) is 3.39.